The monoisotopic (exact) mass is 437 g/mol. The third kappa shape index (κ3) is 3.46. The molecule has 4 rings (SSSR count). The van der Waals surface area contributed by atoms with Gasteiger partial charge in [0.15, 0.2) is 0 Å². The van der Waals surface area contributed by atoms with Gasteiger partial charge in [0.1, 0.15) is 12.3 Å². The first-order chi connectivity index (χ1) is 14.8. The molecule has 0 saturated heterocycles. The van der Waals surface area contributed by atoms with Gasteiger partial charge in [-0.05, 0) is 57.5 Å². The maximum atomic E-state index is 13.7. The van der Waals surface area contributed by atoms with E-state index in [-0.39, 0.29) is 17.5 Å². The number of aryl methyl sites for hydroxylation is 2. The third-order valence-corrected chi connectivity index (χ3v) is 6.98. The standard InChI is InChI=1S/C23H23N3O4S/c1-14(2)30-21-7-5-6-19-23(21)22-16(4)18(12-25-27)24-13-20(22)26(19)31(28,29)17-10-8-15(3)9-11-17/h5-11,13-14H,12H2,1-4H3. The van der Waals surface area contributed by atoms with Crippen molar-refractivity contribution < 1.29 is 13.2 Å². The van der Waals surface area contributed by atoms with Crippen molar-refractivity contribution in [2.75, 3.05) is 0 Å². The summed E-state index contributed by atoms with van der Waals surface area (Å²) in [5, 5.41) is 4.33. The molecule has 0 atom stereocenters. The Morgan fingerprint density at radius 2 is 1.74 bits per heavy atom. The summed E-state index contributed by atoms with van der Waals surface area (Å²) in [4.78, 5) is 15.4. The number of benzene rings is 2. The normalized spacial score (nSPS) is 12.0. The average molecular weight is 438 g/mol. The lowest BCUT2D eigenvalue weighted by atomic mass is 10.1. The Hall–Kier alpha value is -3.26. The zero-order chi connectivity index (χ0) is 22.3. The van der Waals surface area contributed by atoms with Crippen molar-refractivity contribution in [1.82, 2.24) is 8.96 Å². The van der Waals surface area contributed by atoms with Crippen LogP contribution in [0, 0.1) is 18.8 Å². The summed E-state index contributed by atoms with van der Waals surface area (Å²) in [5.74, 6) is 0.578. The van der Waals surface area contributed by atoms with Crippen LogP contribution in [-0.4, -0.2) is 23.5 Å². The summed E-state index contributed by atoms with van der Waals surface area (Å²) in [7, 11) is -3.92. The summed E-state index contributed by atoms with van der Waals surface area (Å²) in [6.45, 7) is 7.47. The molecule has 8 heteroatoms. The van der Waals surface area contributed by atoms with Gasteiger partial charge < -0.3 is 4.74 Å². The fourth-order valence-electron chi connectivity index (χ4n) is 3.82. The highest BCUT2D eigenvalue weighted by molar-refractivity contribution is 7.90. The van der Waals surface area contributed by atoms with Crippen molar-refractivity contribution >= 4 is 31.8 Å². The van der Waals surface area contributed by atoms with Gasteiger partial charge in [0, 0.05) is 5.39 Å². The first-order valence-corrected chi connectivity index (χ1v) is 11.4. The van der Waals surface area contributed by atoms with E-state index in [2.05, 4.69) is 10.2 Å². The highest BCUT2D eigenvalue weighted by atomic mass is 32.2. The number of fused-ring (bicyclic) bond motifs is 3. The molecule has 0 bridgehead atoms. The predicted octanol–water partition coefficient (Wildman–Crippen LogP) is 5.10. The Balaban J connectivity index is 2.16. The zero-order valence-corrected chi connectivity index (χ0v) is 18.6. The number of aromatic nitrogens is 2. The summed E-state index contributed by atoms with van der Waals surface area (Å²) in [6, 6.07) is 12.1. The van der Waals surface area contributed by atoms with Crippen LogP contribution in [0.5, 0.6) is 5.75 Å². The van der Waals surface area contributed by atoms with Crippen LogP contribution in [0.15, 0.2) is 58.7 Å². The molecule has 0 unspecified atom stereocenters. The molecular formula is C23H23N3O4S. The van der Waals surface area contributed by atoms with E-state index in [1.54, 1.807) is 36.4 Å². The molecule has 0 amide bonds. The number of rotatable bonds is 6. The maximum Gasteiger partial charge on any atom is 0.268 e. The molecule has 0 spiro atoms. The van der Waals surface area contributed by atoms with Crippen molar-refractivity contribution in [3.05, 3.63) is 70.4 Å². The van der Waals surface area contributed by atoms with Gasteiger partial charge in [0.2, 0.25) is 0 Å². The molecule has 0 aliphatic rings. The van der Waals surface area contributed by atoms with Gasteiger partial charge in [-0.3, -0.25) is 4.98 Å². The summed E-state index contributed by atoms with van der Waals surface area (Å²) < 4.78 is 34.8. The van der Waals surface area contributed by atoms with Crippen LogP contribution in [0.25, 0.3) is 21.8 Å². The molecule has 2 aromatic heterocycles. The lowest BCUT2D eigenvalue weighted by molar-refractivity contribution is 0.245. The molecule has 0 radical (unpaired) electrons. The van der Waals surface area contributed by atoms with E-state index in [1.807, 2.05) is 33.8 Å². The highest BCUT2D eigenvalue weighted by Crippen LogP contribution is 2.40. The number of nitroso groups, excluding NO2 is 1. The smallest absolute Gasteiger partial charge is 0.268 e. The Morgan fingerprint density at radius 3 is 2.39 bits per heavy atom. The minimum atomic E-state index is -3.92. The van der Waals surface area contributed by atoms with Crippen molar-refractivity contribution in [3.63, 3.8) is 0 Å². The van der Waals surface area contributed by atoms with E-state index in [0.717, 1.165) is 5.56 Å². The van der Waals surface area contributed by atoms with Crippen molar-refractivity contribution in [2.24, 2.45) is 5.18 Å². The average Bonchev–Trinajstić information content (AvgIpc) is 3.07. The lowest BCUT2D eigenvalue weighted by Gasteiger charge is -2.12. The first-order valence-electron chi connectivity index (χ1n) is 9.95. The topological polar surface area (TPSA) is 90.6 Å². The number of ether oxygens (including phenoxy) is 1. The molecule has 160 valence electrons. The minimum Gasteiger partial charge on any atom is -0.490 e. The molecule has 4 aromatic rings. The van der Waals surface area contributed by atoms with Crippen LogP contribution in [0.2, 0.25) is 0 Å². The van der Waals surface area contributed by atoms with E-state index < -0.39 is 10.0 Å². The largest absolute Gasteiger partial charge is 0.490 e. The van der Waals surface area contributed by atoms with Gasteiger partial charge >= 0.3 is 0 Å². The van der Waals surface area contributed by atoms with Crippen molar-refractivity contribution in [2.45, 2.75) is 45.2 Å². The number of nitrogens with zero attached hydrogens (tertiary/aromatic N) is 3. The van der Waals surface area contributed by atoms with Gasteiger partial charge in [0.05, 0.1) is 39.3 Å². The Bertz CT molecular complexity index is 1400. The second-order valence-corrected chi connectivity index (χ2v) is 9.56. The van der Waals surface area contributed by atoms with Crippen LogP contribution in [-0.2, 0) is 16.6 Å². The quantitative estimate of drug-likeness (QED) is 0.392. The fourth-order valence-corrected chi connectivity index (χ4v) is 5.32. The maximum absolute atomic E-state index is 13.7. The van der Waals surface area contributed by atoms with Gasteiger partial charge in [-0.1, -0.05) is 28.9 Å². The van der Waals surface area contributed by atoms with Crippen molar-refractivity contribution in [3.8, 4) is 5.75 Å². The van der Waals surface area contributed by atoms with Gasteiger partial charge in [-0.2, -0.15) is 4.91 Å². The van der Waals surface area contributed by atoms with E-state index in [4.69, 9.17) is 4.74 Å². The van der Waals surface area contributed by atoms with Gasteiger partial charge in [-0.25, -0.2) is 12.4 Å². The fraction of sp³-hybridized carbons (Fsp3) is 0.261. The second-order valence-electron chi connectivity index (χ2n) is 7.78. The molecule has 0 aliphatic carbocycles. The lowest BCUT2D eigenvalue weighted by Crippen LogP contribution is -2.13. The molecule has 0 saturated carbocycles. The van der Waals surface area contributed by atoms with Crippen LogP contribution in [0.4, 0.5) is 0 Å². The van der Waals surface area contributed by atoms with E-state index in [9.17, 15) is 13.3 Å². The predicted molar refractivity (Wildman–Crippen MR) is 121 cm³/mol. The zero-order valence-electron chi connectivity index (χ0n) is 17.8. The van der Waals surface area contributed by atoms with Crippen LogP contribution in [0.1, 0.15) is 30.7 Å². The SMILES string of the molecule is Cc1ccc(S(=O)(=O)n2c3cccc(OC(C)C)c3c3c(C)c(CN=O)ncc32)cc1. The first kappa shape index (κ1) is 21.0. The molecular weight excluding hydrogens is 414 g/mol. The highest BCUT2D eigenvalue weighted by Gasteiger charge is 2.27. The Labute approximate surface area is 180 Å². The van der Waals surface area contributed by atoms with Gasteiger partial charge in [-0.15, -0.1) is 0 Å². The Morgan fingerprint density at radius 1 is 1.03 bits per heavy atom. The van der Waals surface area contributed by atoms with Crippen LogP contribution >= 0.6 is 0 Å². The number of hydrogen-bond donors (Lipinski definition) is 0. The summed E-state index contributed by atoms with van der Waals surface area (Å²) in [6.07, 6.45) is 1.39. The minimum absolute atomic E-state index is 0.0909. The summed E-state index contributed by atoms with van der Waals surface area (Å²) >= 11 is 0. The molecule has 0 N–H and O–H groups in total. The van der Waals surface area contributed by atoms with E-state index >= 15 is 0 Å². The molecule has 0 fully saturated rings. The van der Waals surface area contributed by atoms with E-state index in [1.165, 1.54) is 10.2 Å². The second kappa shape index (κ2) is 7.77. The van der Waals surface area contributed by atoms with Crippen LogP contribution < -0.4 is 4.74 Å². The molecule has 0 aliphatic heterocycles. The third-order valence-electron chi connectivity index (χ3n) is 5.23. The number of hydrogen-bond acceptors (Lipinski definition) is 6. The molecule has 7 nitrogen and oxygen atoms in total. The van der Waals surface area contributed by atoms with Gasteiger partial charge in [0.25, 0.3) is 10.0 Å². The van der Waals surface area contributed by atoms with Crippen LogP contribution in [0.3, 0.4) is 0 Å². The molecule has 31 heavy (non-hydrogen) atoms. The molecule has 2 heterocycles. The van der Waals surface area contributed by atoms with E-state index in [0.29, 0.717) is 38.8 Å². The summed E-state index contributed by atoms with van der Waals surface area (Å²) in [5.41, 5.74) is 3.11. The molecule has 2 aromatic carbocycles. The van der Waals surface area contributed by atoms with Crippen molar-refractivity contribution in [1.29, 1.82) is 0 Å². The number of pyridine rings is 1. The Kier molecular flexibility index (Phi) is 5.26.